The fraction of sp³-hybridized carbons (Fsp3) is 0.250. The van der Waals surface area contributed by atoms with Crippen molar-refractivity contribution in [3.8, 4) is 5.75 Å². The zero-order valence-electron chi connectivity index (χ0n) is 7.17. The van der Waals surface area contributed by atoms with Gasteiger partial charge in [-0.25, -0.2) is 9.78 Å². The summed E-state index contributed by atoms with van der Waals surface area (Å²) >= 11 is 5.75. The van der Waals surface area contributed by atoms with Crippen LogP contribution in [0, 0.1) is 6.92 Å². The maximum atomic E-state index is 10.5. The molecule has 0 amide bonds. The highest BCUT2D eigenvalue weighted by molar-refractivity contribution is 6.32. The lowest BCUT2D eigenvalue weighted by molar-refractivity contribution is 0.0690. The number of aromatic nitrogens is 1. The molecule has 1 aromatic rings. The van der Waals surface area contributed by atoms with Crippen molar-refractivity contribution in [3.63, 3.8) is 0 Å². The van der Waals surface area contributed by atoms with Gasteiger partial charge in [0.25, 0.3) is 0 Å². The Morgan fingerprint density at radius 3 is 2.69 bits per heavy atom. The van der Waals surface area contributed by atoms with E-state index in [-0.39, 0.29) is 10.7 Å². The van der Waals surface area contributed by atoms with Crippen LogP contribution in [0.15, 0.2) is 6.07 Å². The predicted molar refractivity (Wildman–Crippen MR) is 47.5 cm³/mol. The van der Waals surface area contributed by atoms with E-state index in [1.54, 1.807) is 6.92 Å². The quantitative estimate of drug-likeness (QED) is 0.792. The third-order valence-electron chi connectivity index (χ3n) is 1.52. The largest absolute Gasteiger partial charge is 0.493 e. The Balaban J connectivity index is 3.28. The third kappa shape index (κ3) is 1.89. The minimum Gasteiger partial charge on any atom is -0.493 e. The van der Waals surface area contributed by atoms with E-state index in [9.17, 15) is 4.79 Å². The highest BCUT2D eigenvalue weighted by Gasteiger charge is 2.12. The van der Waals surface area contributed by atoms with Crippen LogP contribution in [-0.4, -0.2) is 23.2 Å². The van der Waals surface area contributed by atoms with Gasteiger partial charge < -0.3 is 9.84 Å². The van der Waals surface area contributed by atoms with Gasteiger partial charge in [0.2, 0.25) is 0 Å². The van der Waals surface area contributed by atoms with E-state index in [4.69, 9.17) is 21.4 Å². The van der Waals surface area contributed by atoms with Crippen LogP contribution in [0.2, 0.25) is 5.02 Å². The van der Waals surface area contributed by atoms with Crippen LogP contribution < -0.4 is 4.74 Å². The second kappa shape index (κ2) is 3.62. The highest BCUT2D eigenvalue weighted by Crippen LogP contribution is 2.27. The van der Waals surface area contributed by atoms with E-state index >= 15 is 0 Å². The number of rotatable bonds is 2. The summed E-state index contributed by atoms with van der Waals surface area (Å²) in [5.41, 5.74) is 0.385. The lowest BCUT2D eigenvalue weighted by Gasteiger charge is -2.06. The minimum absolute atomic E-state index is 0.0803. The molecule has 0 spiro atoms. The molecule has 0 aromatic carbocycles. The van der Waals surface area contributed by atoms with Crippen LogP contribution in [0.3, 0.4) is 0 Å². The molecule has 0 atom stereocenters. The summed E-state index contributed by atoms with van der Waals surface area (Å²) in [5.74, 6) is -0.695. The van der Waals surface area contributed by atoms with Gasteiger partial charge in [0.05, 0.1) is 17.8 Å². The van der Waals surface area contributed by atoms with Gasteiger partial charge in [-0.2, -0.15) is 0 Å². The number of carboxylic acid groups (broad SMARTS) is 1. The Labute approximate surface area is 80.1 Å². The number of halogens is 1. The maximum absolute atomic E-state index is 10.5. The maximum Gasteiger partial charge on any atom is 0.354 e. The molecule has 70 valence electrons. The summed E-state index contributed by atoms with van der Waals surface area (Å²) in [6.07, 6.45) is 0. The second-order valence-corrected chi connectivity index (χ2v) is 2.82. The van der Waals surface area contributed by atoms with Gasteiger partial charge >= 0.3 is 5.97 Å². The first-order valence-corrected chi connectivity index (χ1v) is 3.88. The van der Waals surface area contributed by atoms with E-state index in [1.807, 2.05) is 0 Å². The van der Waals surface area contributed by atoms with Crippen LogP contribution >= 0.6 is 11.6 Å². The van der Waals surface area contributed by atoms with Gasteiger partial charge in [-0.1, -0.05) is 11.6 Å². The SMILES string of the molecule is COc1c(Cl)cc(C(=O)O)nc1C. The Bertz CT molecular complexity index is 328. The number of methoxy groups -OCH3 is 1. The Hall–Kier alpha value is -1.29. The minimum atomic E-state index is -1.10. The van der Waals surface area contributed by atoms with Gasteiger partial charge in [0, 0.05) is 0 Å². The molecule has 1 N–H and O–H groups in total. The van der Waals surface area contributed by atoms with Crippen molar-refractivity contribution in [2.75, 3.05) is 7.11 Å². The van der Waals surface area contributed by atoms with Gasteiger partial charge in [-0.3, -0.25) is 0 Å². The van der Waals surface area contributed by atoms with Crippen LogP contribution in [0.4, 0.5) is 0 Å². The molecule has 1 rings (SSSR count). The van der Waals surface area contributed by atoms with Gasteiger partial charge in [0.1, 0.15) is 5.69 Å². The first kappa shape index (κ1) is 9.80. The molecule has 0 aliphatic heterocycles. The van der Waals surface area contributed by atoms with Crippen molar-refractivity contribution in [2.45, 2.75) is 6.92 Å². The number of hydrogen-bond acceptors (Lipinski definition) is 3. The molecule has 13 heavy (non-hydrogen) atoms. The molecule has 0 radical (unpaired) electrons. The normalized spacial score (nSPS) is 9.77. The fourth-order valence-electron chi connectivity index (χ4n) is 0.977. The number of aromatic carboxylic acids is 1. The number of carboxylic acids is 1. The summed E-state index contributed by atoms with van der Waals surface area (Å²) in [6, 6.07) is 1.26. The van der Waals surface area contributed by atoms with E-state index in [2.05, 4.69) is 4.98 Å². The Morgan fingerprint density at radius 1 is 1.69 bits per heavy atom. The average molecular weight is 202 g/mol. The van der Waals surface area contributed by atoms with Gasteiger partial charge in [-0.05, 0) is 13.0 Å². The van der Waals surface area contributed by atoms with Crippen LogP contribution in [-0.2, 0) is 0 Å². The summed E-state index contributed by atoms with van der Waals surface area (Å²) < 4.78 is 4.92. The highest BCUT2D eigenvalue weighted by atomic mass is 35.5. The van der Waals surface area contributed by atoms with Gasteiger partial charge in [0.15, 0.2) is 5.75 Å². The first-order valence-electron chi connectivity index (χ1n) is 3.50. The molecule has 5 heteroatoms. The van der Waals surface area contributed by atoms with Crippen molar-refractivity contribution in [1.82, 2.24) is 4.98 Å². The molecular formula is C8H8ClNO3. The number of ether oxygens (including phenoxy) is 1. The molecule has 0 aliphatic rings. The number of pyridine rings is 1. The molecular weight excluding hydrogens is 194 g/mol. The predicted octanol–water partition coefficient (Wildman–Crippen LogP) is 1.75. The standard InChI is InChI=1S/C8H8ClNO3/c1-4-7(13-2)5(9)3-6(10-4)8(11)12/h3H,1-2H3,(H,11,12). The van der Waals surface area contributed by atoms with E-state index in [0.717, 1.165) is 0 Å². The first-order chi connectivity index (χ1) is 6.06. The molecule has 0 saturated heterocycles. The Morgan fingerprint density at radius 2 is 2.31 bits per heavy atom. The molecule has 0 unspecified atom stereocenters. The van der Waals surface area contributed by atoms with Crippen molar-refractivity contribution < 1.29 is 14.6 Å². The number of nitrogens with zero attached hydrogens (tertiary/aromatic N) is 1. The van der Waals surface area contributed by atoms with Crippen molar-refractivity contribution in [3.05, 3.63) is 22.5 Å². The smallest absolute Gasteiger partial charge is 0.354 e. The van der Waals surface area contributed by atoms with Crippen molar-refractivity contribution in [2.24, 2.45) is 0 Å². The zero-order valence-corrected chi connectivity index (χ0v) is 7.92. The van der Waals surface area contributed by atoms with E-state index in [0.29, 0.717) is 11.4 Å². The molecule has 0 aliphatic carbocycles. The summed E-state index contributed by atoms with van der Waals surface area (Å²) in [7, 11) is 1.45. The Kier molecular flexibility index (Phi) is 2.72. The third-order valence-corrected chi connectivity index (χ3v) is 1.80. The van der Waals surface area contributed by atoms with E-state index < -0.39 is 5.97 Å². The van der Waals surface area contributed by atoms with Crippen LogP contribution in [0.1, 0.15) is 16.2 Å². The molecule has 0 saturated carbocycles. The molecule has 1 aromatic heterocycles. The topological polar surface area (TPSA) is 59.4 Å². The lowest BCUT2D eigenvalue weighted by Crippen LogP contribution is -2.03. The molecule has 4 nitrogen and oxygen atoms in total. The zero-order chi connectivity index (χ0) is 10.0. The molecule has 0 bridgehead atoms. The molecule has 1 heterocycles. The lowest BCUT2D eigenvalue weighted by atomic mass is 10.3. The summed E-state index contributed by atoms with van der Waals surface area (Å²) in [5, 5.41) is 8.89. The summed E-state index contributed by atoms with van der Waals surface area (Å²) in [6.45, 7) is 1.64. The van der Waals surface area contributed by atoms with Crippen molar-refractivity contribution >= 4 is 17.6 Å². The van der Waals surface area contributed by atoms with Crippen LogP contribution in [0.5, 0.6) is 5.75 Å². The van der Waals surface area contributed by atoms with Crippen molar-refractivity contribution in [1.29, 1.82) is 0 Å². The molecule has 0 fully saturated rings. The van der Waals surface area contributed by atoms with Crippen LogP contribution in [0.25, 0.3) is 0 Å². The average Bonchev–Trinajstić information content (AvgIpc) is 2.03. The number of carbonyl (C=O) groups is 1. The summed E-state index contributed by atoms with van der Waals surface area (Å²) in [4.78, 5) is 14.3. The second-order valence-electron chi connectivity index (χ2n) is 2.41. The number of aryl methyl sites for hydroxylation is 1. The monoisotopic (exact) mass is 201 g/mol. The fourth-order valence-corrected chi connectivity index (χ4v) is 1.29. The number of hydrogen-bond donors (Lipinski definition) is 1. The van der Waals surface area contributed by atoms with E-state index in [1.165, 1.54) is 13.2 Å². The van der Waals surface area contributed by atoms with Gasteiger partial charge in [-0.15, -0.1) is 0 Å².